The standard InChI is InChI=1S/C9H8Cl2N4/c1-5-3-4-15(2)6(5)7-12-8(10)14-9(11)13-7/h3-4H,1-2H3. The Hall–Kier alpha value is -1.13. The van der Waals surface area contributed by atoms with Crippen molar-refractivity contribution in [3.63, 3.8) is 0 Å². The zero-order valence-electron chi connectivity index (χ0n) is 8.20. The fourth-order valence-corrected chi connectivity index (χ4v) is 1.78. The van der Waals surface area contributed by atoms with E-state index in [0.29, 0.717) is 5.82 Å². The Morgan fingerprint density at radius 1 is 1.13 bits per heavy atom. The van der Waals surface area contributed by atoms with Crippen molar-refractivity contribution in [2.45, 2.75) is 6.92 Å². The minimum Gasteiger partial charge on any atom is -0.348 e. The number of rotatable bonds is 1. The van der Waals surface area contributed by atoms with E-state index in [-0.39, 0.29) is 10.6 Å². The molecule has 15 heavy (non-hydrogen) atoms. The molecule has 2 heterocycles. The van der Waals surface area contributed by atoms with Crippen LogP contribution in [-0.2, 0) is 7.05 Å². The average molecular weight is 243 g/mol. The van der Waals surface area contributed by atoms with Crippen LogP contribution >= 0.6 is 23.2 Å². The Kier molecular flexibility index (Phi) is 2.63. The molecule has 2 aromatic heterocycles. The van der Waals surface area contributed by atoms with Crippen LogP contribution in [0, 0.1) is 6.92 Å². The molecule has 78 valence electrons. The smallest absolute Gasteiger partial charge is 0.227 e. The van der Waals surface area contributed by atoms with Gasteiger partial charge in [-0.3, -0.25) is 0 Å². The third kappa shape index (κ3) is 1.96. The Morgan fingerprint density at radius 3 is 2.20 bits per heavy atom. The van der Waals surface area contributed by atoms with E-state index in [0.717, 1.165) is 11.3 Å². The third-order valence-corrected chi connectivity index (χ3v) is 2.41. The highest BCUT2D eigenvalue weighted by molar-refractivity contribution is 6.31. The van der Waals surface area contributed by atoms with E-state index in [1.54, 1.807) is 0 Å². The monoisotopic (exact) mass is 242 g/mol. The van der Waals surface area contributed by atoms with E-state index < -0.39 is 0 Å². The van der Waals surface area contributed by atoms with Crippen LogP contribution in [-0.4, -0.2) is 19.5 Å². The van der Waals surface area contributed by atoms with Crippen LogP contribution in [0.5, 0.6) is 0 Å². The minimum absolute atomic E-state index is 0.102. The molecular weight excluding hydrogens is 235 g/mol. The van der Waals surface area contributed by atoms with Crippen molar-refractivity contribution >= 4 is 23.2 Å². The van der Waals surface area contributed by atoms with Crippen LogP contribution in [0.2, 0.25) is 10.6 Å². The normalized spacial score (nSPS) is 10.7. The predicted octanol–water partition coefficient (Wildman–Crippen LogP) is 2.49. The summed E-state index contributed by atoms with van der Waals surface area (Å²) in [4.78, 5) is 11.8. The molecule has 0 fully saturated rings. The lowest BCUT2D eigenvalue weighted by Gasteiger charge is -2.03. The second-order valence-corrected chi connectivity index (χ2v) is 3.83. The molecule has 0 aliphatic rings. The molecule has 0 unspecified atom stereocenters. The molecule has 6 heteroatoms. The van der Waals surface area contributed by atoms with E-state index in [1.807, 2.05) is 30.8 Å². The van der Waals surface area contributed by atoms with Gasteiger partial charge in [-0.25, -0.2) is 0 Å². The second kappa shape index (κ2) is 3.79. The molecule has 0 saturated heterocycles. The number of aromatic nitrogens is 4. The molecule has 4 nitrogen and oxygen atoms in total. The molecule has 0 amide bonds. The molecule has 0 spiro atoms. The van der Waals surface area contributed by atoms with Crippen molar-refractivity contribution in [2.24, 2.45) is 7.05 Å². The highest BCUT2D eigenvalue weighted by Crippen LogP contribution is 2.21. The van der Waals surface area contributed by atoms with Crippen molar-refractivity contribution in [3.8, 4) is 11.5 Å². The van der Waals surface area contributed by atoms with Crippen LogP contribution in [0.4, 0.5) is 0 Å². The van der Waals surface area contributed by atoms with Gasteiger partial charge in [0.1, 0.15) is 0 Å². The predicted molar refractivity (Wildman–Crippen MR) is 59.0 cm³/mol. The quantitative estimate of drug-likeness (QED) is 0.772. The van der Waals surface area contributed by atoms with Gasteiger partial charge in [-0.05, 0) is 41.8 Å². The zero-order chi connectivity index (χ0) is 11.0. The van der Waals surface area contributed by atoms with E-state index in [9.17, 15) is 0 Å². The van der Waals surface area contributed by atoms with Gasteiger partial charge in [-0.15, -0.1) is 0 Å². The largest absolute Gasteiger partial charge is 0.348 e. The van der Waals surface area contributed by atoms with E-state index >= 15 is 0 Å². The second-order valence-electron chi connectivity index (χ2n) is 3.16. The number of hydrogen-bond acceptors (Lipinski definition) is 3. The van der Waals surface area contributed by atoms with Crippen LogP contribution in [0.15, 0.2) is 12.3 Å². The number of halogens is 2. The lowest BCUT2D eigenvalue weighted by molar-refractivity contribution is 0.910. The summed E-state index contributed by atoms with van der Waals surface area (Å²) in [5.41, 5.74) is 1.96. The van der Waals surface area contributed by atoms with Crippen LogP contribution < -0.4 is 0 Å². The maximum atomic E-state index is 5.72. The summed E-state index contributed by atoms with van der Waals surface area (Å²) in [6.07, 6.45) is 1.93. The zero-order valence-corrected chi connectivity index (χ0v) is 9.71. The summed E-state index contributed by atoms with van der Waals surface area (Å²) in [7, 11) is 1.91. The van der Waals surface area contributed by atoms with Gasteiger partial charge in [0.05, 0.1) is 5.69 Å². The Balaban J connectivity index is 2.63. The van der Waals surface area contributed by atoms with Crippen LogP contribution in [0.1, 0.15) is 5.56 Å². The van der Waals surface area contributed by atoms with Crippen molar-refractivity contribution in [1.29, 1.82) is 0 Å². The molecule has 0 N–H and O–H groups in total. The molecule has 0 aliphatic heterocycles. The first kappa shape index (κ1) is 10.4. The molecule has 2 rings (SSSR count). The molecule has 0 bridgehead atoms. The van der Waals surface area contributed by atoms with Gasteiger partial charge in [-0.2, -0.15) is 15.0 Å². The summed E-state index contributed by atoms with van der Waals surface area (Å²) in [5, 5.41) is 0.205. The summed E-state index contributed by atoms with van der Waals surface area (Å²) in [5.74, 6) is 0.491. The lowest BCUT2D eigenvalue weighted by Crippen LogP contribution is -1.99. The van der Waals surface area contributed by atoms with Crippen LogP contribution in [0.25, 0.3) is 11.5 Å². The minimum atomic E-state index is 0.102. The van der Waals surface area contributed by atoms with Gasteiger partial charge < -0.3 is 4.57 Å². The van der Waals surface area contributed by atoms with Gasteiger partial charge in [0.15, 0.2) is 5.82 Å². The summed E-state index contributed by atoms with van der Waals surface area (Å²) >= 11 is 11.4. The Bertz CT molecular complexity index is 467. The third-order valence-electron chi connectivity index (χ3n) is 2.07. The summed E-state index contributed by atoms with van der Waals surface area (Å²) in [6, 6.07) is 1.97. The van der Waals surface area contributed by atoms with Crippen molar-refractivity contribution in [1.82, 2.24) is 19.5 Å². The Labute approximate surface area is 96.9 Å². The van der Waals surface area contributed by atoms with Crippen molar-refractivity contribution in [3.05, 3.63) is 28.4 Å². The van der Waals surface area contributed by atoms with Crippen molar-refractivity contribution in [2.75, 3.05) is 0 Å². The van der Waals surface area contributed by atoms with Gasteiger partial charge in [0, 0.05) is 13.2 Å². The molecule has 2 aromatic rings. The maximum Gasteiger partial charge on any atom is 0.227 e. The molecule has 0 aliphatic carbocycles. The van der Waals surface area contributed by atoms with Crippen LogP contribution in [0.3, 0.4) is 0 Å². The molecular formula is C9H8Cl2N4. The molecule has 0 atom stereocenters. The lowest BCUT2D eigenvalue weighted by atomic mass is 10.2. The fraction of sp³-hybridized carbons (Fsp3) is 0.222. The summed E-state index contributed by atoms with van der Waals surface area (Å²) < 4.78 is 1.91. The first-order chi connectivity index (χ1) is 7.08. The van der Waals surface area contributed by atoms with Gasteiger partial charge in [0.2, 0.25) is 10.6 Å². The maximum absolute atomic E-state index is 5.72. The average Bonchev–Trinajstić information content (AvgIpc) is 2.44. The summed E-state index contributed by atoms with van der Waals surface area (Å²) in [6.45, 7) is 1.97. The Morgan fingerprint density at radius 2 is 1.73 bits per heavy atom. The fourth-order valence-electron chi connectivity index (χ4n) is 1.42. The highest BCUT2D eigenvalue weighted by atomic mass is 35.5. The topological polar surface area (TPSA) is 43.6 Å². The SMILES string of the molecule is Cc1ccn(C)c1-c1nc(Cl)nc(Cl)n1. The highest BCUT2D eigenvalue weighted by Gasteiger charge is 2.11. The molecule has 0 radical (unpaired) electrons. The number of nitrogens with zero attached hydrogens (tertiary/aromatic N) is 4. The molecule has 0 saturated carbocycles. The number of aryl methyl sites for hydroxylation is 2. The first-order valence-electron chi connectivity index (χ1n) is 4.27. The first-order valence-corrected chi connectivity index (χ1v) is 5.03. The van der Waals surface area contributed by atoms with Gasteiger partial charge in [0.25, 0.3) is 0 Å². The van der Waals surface area contributed by atoms with Crippen molar-refractivity contribution < 1.29 is 0 Å². The number of hydrogen-bond donors (Lipinski definition) is 0. The van der Waals surface area contributed by atoms with E-state index in [4.69, 9.17) is 23.2 Å². The molecule has 0 aromatic carbocycles. The van der Waals surface area contributed by atoms with E-state index in [1.165, 1.54) is 0 Å². The van der Waals surface area contributed by atoms with Gasteiger partial charge in [-0.1, -0.05) is 0 Å². The van der Waals surface area contributed by atoms with E-state index in [2.05, 4.69) is 15.0 Å². The van der Waals surface area contributed by atoms with Gasteiger partial charge >= 0.3 is 0 Å².